The lowest BCUT2D eigenvalue weighted by molar-refractivity contribution is 0.627. The average Bonchev–Trinajstić information content (AvgIpc) is 3.60. The van der Waals surface area contributed by atoms with E-state index in [1.807, 2.05) is 42.5 Å². The first-order chi connectivity index (χ1) is 25.3. The highest BCUT2D eigenvalue weighted by Crippen LogP contribution is 2.43. The standard InChI is InChI=1S/C46H30N4O/c1-2-11-31(12-3-1)43-48-44(50-45(49-43)34-23-18-29-10-4-5-13-33(29)28-34)32-21-19-30(20-22-32)35-24-25-38(37-15-7-6-14-36(35)37)39-26-27-47-46-42(39)40-16-8-9-17-41(40)51-46/h1-26,28,47H,27H2. The van der Waals surface area contributed by atoms with Gasteiger partial charge in [0.1, 0.15) is 5.58 Å². The number of rotatable bonds is 5. The van der Waals surface area contributed by atoms with Gasteiger partial charge in [0.05, 0.1) is 5.56 Å². The normalized spacial score (nSPS) is 12.5. The van der Waals surface area contributed by atoms with Gasteiger partial charge in [-0.2, -0.15) is 0 Å². The van der Waals surface area contributed by atoms with E-state index in [2.05, 4.69) is 127 Å². The van der Waals surface area contributed by atoms with E-state index < -0.39 is 0 Å². The van der Waals surface area contributed by atoms with Crippen molar-refractivity contribution in [1.82, 2.24) is 15.0 Å². The van der Waals surface area contributed by atoms with Crippen LogP contribution < -0.4 is 5.32 Å². The molecule has 1 N–H and O–H groups in total. The van der Waals surface area contributed by atoms with Gasteiger partial charge in [0, 0.05) is 28.6 Å². The largest absolute Gasteiger partial charge is 0.440 e. The van der Waals surface area contributed by atoms with Crippen molar-refractivity contribution in [3.8, 4) is 45.3 Å². The van der Waals surface area contributed by atoms with Crippen molar-refractivity contribution in [3.63, 3.8) is 0 Å². The molecule has 0 bridgehead atoms. The lowest BCUT2D eigenvalue weighted by Crippen LogP contribution is -2.07. The van der Waals surface area contributed by atoms with E-state index in [9.17, 15) is 0 Å². The number of benzene rings is 7. The van der Waals surface area contributed by atoms with E-state index in [0.29, 0.717) is 24.0 Å². The zero-order valence-corrected chi connectivity index (χ0v) is 27.5. The lowest BCUT2D eigenvalue weighted by Gasteiger charge is -2.18. The maximum Gasteiger partial charge on any atom is 0.202 e. The Labute approximate surface area is 294 Å². The number of aromatic nitrogens is 3. The van der Waals surface area contributed by atoms with E-state index in [1.165, 1.54) is 32.9 Å². The van der Waals surface area contributed by atoms with Gasteiger partial charge in [0.2, 0.25) is 5.88 Å². The highest BCUT2D eigenvalue weighted by Gasteiger charge is 2.23. The molecule has 5 nitrogen and oxygen atoms in total. The summed E-state index contributed by atoms with van der Waals surface area (Å²) >= 11 is 0. The van der Waals surface area contributed by atoms with E-state index in [1.54, 1.807) is 0 Å². The van der Waals surface area contributed by atoms with Crippen LogP contribution in [0.3, 0.4) is 0 Å². The quantitative estimate of drug-likeness (QED) is 0.200. The fourth-order valence-corrected chi connectivity index (χ4v) is 7.29. The van der Waals surface area contributed by atoms with Crippen LogP contribution in [0.1, 0.15) is 11.1 Å². The molecule has 10 rings (SSSR count). The smallest absolute Gasteiger partial charge is 0.202 e. The number of nitrogens with one attached hydrogen (secondary N) is 1. The third kappa shape index (κ3) is 5.06. The number of nitrogens with zero attached hydrogens (tertiary/aromatic N) is 3. The second-order valence-corrected chi connectivity index (χ2v) is 12.8. The summed E-state index contributed by atoms with van der Waals surface area (Å²) in [4.78, 5) is 14.9. The molecule has 0 spiro atoms. The van der Waals surface area contributed by atoms with Crippen LogP contribution in [-0.2, 0) is 0 Å². The van der Waals surface area contributed by atoms with Crippen molar-refractivity contribution in [1.29, 1.82) is 0 Å². The van der Waals surface area contributed by atoms with Crippen molar-refractivity contribution < 1.29 is 4.42 Å². The van der Waals surface area contributed by atoms with Crippen molar-refractivity contribution in [3.05, 3.63) is 175 Å². The number of hydrogen-bond donors (Lipinski definition) is 1. The minimum absolute atomic E-state index is 0.639. The zero-order chi connectivity index (χ0) is 33.7. The first-order valence-corrected chi connectivity index (χ1v) is 17.2. The Morgan fingerprint density at radius 2 is 1.02 bits per heavy atom. The molecule has 240 valence electrons. The fourth-order valence-electron chi connectivity index (χ4n) is 7.29. The van der Waals surface area contributed by atoms with E-state index >= 15 is 0 Å². The monoisotopic (exact) mass is 654 g/mol. The summed E-state index contributed by atoms with van der Waals surface area (Å²) in [5, 5.41) is 9.28. The van der Waals surface area contributed by atoms with Crippen LogP contribution >= 0.6 is 0 Å². The molecule has 0 saturated carbocycles. The summed E-state index contributed by atoms with van der Waals surface area (Å²) in [6.07, 6.45) is 2.27. The fraction of sp³-hybridized carbons (Fsp3) is 0.0217. The van der Waals surface area contributed by atoms with Crippen molar-refractivity contribution in [2.24, 2.45) is 0 Å². The van der Waals surface area contributed by atoms with Gasteiger partial charge in [0.25, 0.3) is 0 Å². The first-order valence-electron chi connectivity index (χ1n) is 17.2. The molecule has 0 unspecified atom stereocenters. The topological polar surface area (TPSA) is 63.8 Å². The molecule has 1 aliphatic heterocycles. The number of para-hydroxylation sites is 1. The van der Waals surface area contributed by atoms with Gasteiger partial charge in [-0.3, -0.25) is 0 Å². The van der Waals surface area contributed by atoms with Crippen molar-refractivity contribution in [2.45, 2.75) is 0 Å². The van der Waals surface area contributed by atoms with Crippen LogP contribution in [-0.4, -0.2) is 21.5 Å². The molecule has 51 heavy (non-hydrogen) atoms. The summed E-state index contributed by atoms with van der Waals surface area (Å²) in [5.41, 5.74) is 9.53. The van der Waals surface area contributed by atoms with Gasteiger partial charge in [-0.05, 0) is 55.9 Å². The molecule has 7 aromatic carbocycles. The SMILES string of the molecule is C1=C(c2ccc(-c3ccc(-c4nc(-c5ccccc5)nc(-c5ccc6ccccc6c5)n4)cc3)c3ccccc23)c2c(oc3ccccc23)NC1. The molecule has 0 atom stereocenters. The summed E-state index contributed by atoms with van der Waals surface area (Å²) < 4.78 is 6.21. The second-order valence-electron chi connectivity index (χ2n) is 12.8. The number of fused-ring (bicyclic) bond motifs is 5. The van der Waals surface area contributed by atoms with E-state index in [0.717, 1.165) is 50.1 Å². The molecule has 3 heterocycles. The van der Waals surface area contributed by atoms with E-state index in [-0.39, 0.29) is 0 Å². The maximum atomic E-state index is 6.21. The minimum atomic E-state index is 0.639. The van der Waals surface area contributed by atoms with Crippen LogP contribution in [0.15, 0.2) is 168 Å². The molecule has 2 aromatic heterocycles. The summed E-state index contributed by atoms with van der Waals surface area (Å²) in [5.74, 6) is 2.76. The molecule has 0 amide bonds. The van der Waals surface area contributed by atoms with Gasteiger partial charge >= 0.3 is 0 Å². The minimum Gasteiger partial charge on any atom is -0.440 e. The number of anilines is 1. The molecule has 0 aliphatic carbocycles. The van der Waals surface area contributed by atoms with E-state index in [4.69, 9.17) is 19.4 Å². The molecular weight excluding hydrogens is 625 g/mol. The Morgan fingerprint density at radius 3 is 1.80 bits per heavy atom. The molecule has 0 radical (unpaired) electrons. The van der Waals surface area contributed by atoms with Crippen molar-refractivity contribution in [2.75, 3.05) is 11.9 Å². The van der Waals surface area contributed by atoms with Crippen LogP contribution in [0.25, 0.3) is 83.4 Å². The van der Waals surface area contributed by atoms with Crippen LogP contribution in [0.2, 0.25) is 0 Å². The van der Waals surface area contributed by atoms with Crippen LogP contribution in [0.4, 0.5) is 5.88 Å². The molecule has 0 fully saturated rings. The third-order valence-electron chi connectivity index (χ3n) is 9.78. The highest BCUT2D eigenvalue weighted by atomic mass is 16.3. The van der Waals surface area contributed by atoms with Crippen LogP contribution in [0, 0.1) is 0 Å². The van der Waals surface area contributed by atoms with Crippen LogP contribution in [0.5, 0.6) is 0 Å². The Balaban J connectivity index is 1.05. The Hall–Kier alpha value is -6.85. The van der Waals surface area contributed by atoms with Gasteiger partial charge in [-0.15, -0.1) is 0 Å². The Morgan fingerprint density at radius 1 is 0.451 bits per heavy atom. The molecular formula is C46H30N4O. The molecule has 5 heteroatoms. The first kappa shape index (κ1) is 29.1. The van der Waals surface area contributed by atoms with Gasteiger partial charge < -0.3 is 9.73 Å². The number of hydrogen-bond acceptors (Lipinski definition) is 5. The zero-order valence-electron chi connectivity index (χ0n) is 27.5. The number of furan rings is 1. The van der Waals surface area contributed by atoms with Gasteiger partial charge in [-0.1, -0.05) is 152 Å². The summed E-state index contributed by atoms with van der Waals surface area (Å²) in [6.45, 7) is 0.714. The van der Waals surface area contributed by atoms with Crippen molar-refractivity contribution >= 4 is 44.0 Å². The summed E-state index contributed by atoms with van der Waals surface area (Å²) in [6, 6.07) is 54.8. The second kappa shape index (κ2) is 11.9. The molecule has 1 aliphatic rings. The Bertz CT molecular complexity index is 2800. The predicted octanol–water partition coefficient (Wildman–Crippen LogP) is 11.4. The molecule has 0 saturated heterocycles. The lowest BCUT2D eigenvalue weighted by atomic mass is 9.88. The third-order valence-corrected chi connectivity index (χ3v) is 9.78. The molecule has 9 aromatic rings. The maximum absolute atomic E-state index is 6.21. The Kier molecular flexibility index (Phi) is 6.81. The average molecular weight is 655 g/mol. The summed E-state index contributed by atoms with van der Waals surface area (Å²) in [7, 11) is 0. The predicted molar refractivity (Wildman–Crippen MR) is 208 cm³/mol. The van der Waals surface area contributed by atoms with Gasteiger partial charge in [0.15, 0.2) is 17.5 Å². The van der Waals surface area contributed by atoms with Gasteiger partial charge in [-0.25, -0.2) is 15.0 Å². The highest BCUT2D eigenvalue weighted by molar-refractivity contribution is 6.10.